The van der Waals surface area contributed by atoms with Crippen LogP contribution in [0.3, 0.4) is 0 Å². The minimum atomic E-state index is -0.0366. The van der Waals surface area contributed by atoms with Crippen LogP contribution in [0.4, 0.5) is 0 Å². The van der Waals surface area contributed by atoms with Gasteiger partial charge in [0, 0.05) is 38.4 Å². The quantitative estimate of drug-likeness (QED) is 0.450. The van der Waals surface area contributed by atoms with Crippen LogP contribution in [0.25, 0.3) is 0 Å². The van der Waals surface area contributed by atoms with Gasteiger partial charge in [-0.2, -0.15) is 0 Å². The van der Waals surface area contributed by atoms with Crippen molar-refractivity contribution in [2.75, 3.05) is 13.6 Å². The van der Waals surface area contributed by atoms with Gasteiger partial charge in [0.05, 0.1) is 12.7 Å². The number of guanidine groups is 1. The molecule has 8 nitrogen and oxygen atoms in total. The molecule has 3 rings (SSSR count). The lowest BCUT2D eigenvalue weighted by molar-refractivity contribution is 0.379. The van der Waals surface area contributed by atoms with E-state index in [-0.39, 0.29) is 5.41 Å². The van der Waals surface area contributed by atoms with Crippen LogP contribution in [0.15, 0.2) is 15.6 Å². The highest BCUT2D eigenvalue weighted by Crippen LogP contribution is 2.22. The summed E-state index contributed by atoms with van der Waals surface area (Å²) in [5.74, 6) is 4.56. The summed E-state index contributed by atoms with van der Waals surface area (Å²) >= 11 is 0. The molecule has 0 spiro atoms. The van der Waals surface area contributed by atoms with Crippen molar-refractivity contribution in [1.82, 2.24) is 30.4 Å². The van der Waals surface area contributed by atoms with Crippen LogP contribution < -0.4 is 10.6 Å². The third kappa shape index (κ3) is 5.33. The molecular weight excluding hydrogens is 354 g/mol. The number of nitrogens with zero attached hydrogens (tertiary/aromatic N) is 5. The Morgan fingerprint density at radius 2 is 2.07 bits per heavy atom. The predicted molar refractivity (Wildman–Crippen MR) is 109 cm³/mol. The van der Waals surface area contributed by atoms with Crippen molar-refractivity contribution in [1.29, 1.82) is 0 Å². The van der Waals surface area contributed by atoms with Gasteiger partial charge in [-0.05, 0) is 19.3 Å². The van der Waals surface area contributed by atoms with Crippen molar-refractivity contribution in [3.63, 3.8) is 0 Å². The molecule has 1 aliphatic rings. The molecular formula is C20H33N7O. The van der Waals surface area contributed by atoms with Gasteiger partial charge >= 0.3 is 0 Å². The van der Waals surface area contributed by atoms with Crippen LogP contribution in [0.2, 0.25) is 0 Å². The van der Waals surface area contributed by atoms with Crippen LogP contribution >= 0.6 is 0 Å². The SMILES string of the molecule is CN=C(NCCCc1nnc2n1CCCCC2)NCc1ncc(C(C)(C)C)o1. The van der Waals surface area contributed by atoms with E-state index in [1.807, 2.05) is 0 Å². The number of aryl methyl sites for hydroxylation is 2. The van der Waals surface area contributed by atoms with Gasteiger partial charge in [0.2, 0.25) is 5.89 Å². The van der Waals surface area contributed by atoms with Gasteiger partial charge in [-0.1, -0.05) is 27.2 Å². The molecule has 0 fully saturated rings. The smallest absolute Gasteiger partial charge is 0.213 e. The largest absolute Gasteiger partial charge is 0.443 e. The van der Waals surface area contributed by atoms with Crippen LogP contribution in [0.5, 0.6) is 0 Å². The molecule has 3 heterocycles. The van der Waals surface area contributed by atoms with Crippen molar-refractivity contribution < 1.29 is 4.42 Å². The second-order valence-electron chi connectivity index (χ2n) is 8.32. The average molecular weight is 388 g/mol. The Hall–Kier alpha value is -2.38. The van der Waals surface area contributed by atoms with E-state index in [9.17, 15) is 0 Å². The fourth-order valence-corrected chi connectivity index (χ4v) is 3.30. The standard InChI is InChI=1S/C20H33N7O/c1-20(2,3)15-13-23-18(28-15)14-24-19(21-4)22-11-8-10-17-26-25-16-9-6-5-7-12-27(16)17/h13H,5-12,14H2,1-4H3,(H2,21,22,24). The number of aromatic nitrogens is 4. The molecule has 2 aromatic rings. The van der Waals surface area contributed by atoms with Gasteiger partial charge in [0.25, 0.3) is 0 Å². The number of hydrogen-bond donors (Lipinski definition) is 2. The summed E-state index contributed by atoms with van der Waals surface area (Å²) < 4.78 is 8.12. The van der Waals surface area contributed by atoms with Gasteiger partial charge < -0.3 is 19.6 Å². The first-order valence-electron chi connectivity index (χ1n) is 10.3. The molecule has 2 aromatic heterocycles. The van der Waals surface area contributed by atoms with Gasteiger partial charge in [0.1, 0.15) is 17.4 Å². The molecule has 154 valence electrons. The number of rotatable bonds is 6. The molecule has 0 saturated heterocycles. The minimum absolute atomic E-state index is 0.0366. The molecule has 0 bridgehead atoms. The zero-order valence-electron chi connectivity index (χ0n) is 17.6. The summed E-state index contributed by atoms with van der Waals surface area (Å²) in [4.78, 5) is 8.61. The molecule has 0 unspecified atom stereocenters. The van der Waals surface area contributed by atoms with Crippen molar-refractivity contribution in [3.8, 4) is 0 Å². The average Bonchev–Trinajstić information content (AvgIpc) is 3.22. The monoisotopic (exact) mass is 387 g/mol. The van der Waals surface area contributed by atoms with E-state index in [0.717, 1.165) is 55.7 Å². The summed E-state index contributed by atoms with van der Waals surface area (Å²) in [6, 6.07) is 0. The lowest BCUT2D eigenvalue weighted by Gasteiger charge is -2.13. The first kappa shape index (κ1) is 20.4. The lowest BCUT2D eigenvalue weighted by atomic mass is 9.94. The number of oxazole rings is 1. The van der Waals surface area contributed by atoms with Gasteiger partial charge in [0.15, 0.2) is 5.96 Å². The van der Waals surface area contributed by atoms with E-state index in [1.54, 1.807) is 13.2 Å². The van der Waals surface area contributed by atoms with Crippen molar-refractivity contribution >= 4 is 5.96 Å². The maximum Gasteiger partial charge on any atom is 0.213 e. The Kier molecular flexibility index (Phi) is 6.70. The number of nitrogens with one attached hydrogen (secondary N) is 2. The summed E-state index contributed by atoms with van der Waals surface area (Å²) in [6.45, 7) is 8.72. The normalized spacial score (nSPS) is 15.2. The fraction of sp³-hybridized carbons (Fsp3) is 0.700. The Labute approximate surface area is 167 Å². The number of aliphatic imine (C=N–C) groups is 1. The molecule has 0 aromatic carbocycles. The maximum atomic E-state index is 5.81. The zero-order valence-corrected chi connectivity index (χ0v) is 17.6. The van der Waals surface area contributed by atoms with Gasteiger partial charge in [-0.3, -0.25) is 4.99 Å². The third-order valence-electron chi connectivity index (χ3n) is 4.98. The molecule has 0 atom stereocenters. The Morgan fingerprint density at radius 3 is 2.82 bits per heavy atom. The summed E-state index contributed by atoms with van der Waals surface area (Å²) in [5, 5.41) is 15.4. The Balaban J connectivity index is 1.41. The third-order valence-corrected chi connectivity index (χ3v) is 4.98. The second kappa shape index (κ2) is 9.21. The van der Waals surface area contributed by atoms with E-state index in [1.165, 1.54) is 19.3 Å². The first-order valence-corrected chi connectivity index (χ1v) is 10.3. The van der Waals surface area contributed by atoms with E-state index >= 15 is 0 Å². The topological polar surface area (TPSA) is 93.2 Å². The molecule has 8 heteroatoms. The molecule has 2 N–H and O–H groups in total. The molecule has 1 aliphatic heterocycles. The van der Waals surface area contributed by atoms with E-state index in [4.69, 9.17) is 4.42 Å². The highest BCUT2D eigenvalue weighted by molar-refractivity contribution is 5.79. The molecule has 0 saturated carbocycles. The van der Waals surface area contributed by atoms with Crippen LogP contribution in [-0.4, -0.2) is 39.3 Å². The molecule has 0 amide bonds. The second-order valence-corrected chi connectivity index (χ2v) is 8.32. The zero-order chi connectivity index (χ0) is 20.0. The molecule has 28 heavy (non-hydrogen) atoms. The minimum Gasteiger partial charge on any atom is -0.443 e. The Bertz CT molecular complexity index is 785. The number of fused-ring (bicyclic) bond motifs is 1. The first-order chi connectivity index (χ1) is 13.5. The summed E-state index contributed by atoms with van der Waals surface area (Å²) in [6.07, 6.45) is 8.49. The fourth-order valence-electron chi connectivity index (χ4n) is 3.30. The highest BCUT2D eigenvalue weighted by Gasteiger charge is 2.19. The molecule has 0 aliphatic carbocycles. The van der Waals surface area contributed by atoms with Crippen LogP contribution in [-0.2, 0) is 31.3 Å². The summed E-state index contributed by atoms with van der Waals surface area (Å²) in [7, 11) is 1.77. The van der Waals surface area contributed by atoms with Gasteiger partial charge in [-0.15, -0.1) is 10.2 Å². The van der Waals surface area contributed by atoms with Gasteiger partial charge in [-0.25, -0.2) is 4.98 Å². The highest BCUT2D eigenvalue weighted by atomic mass is 16.4. The molecule has 0 radical (unpaired) electrons. The van der Waals surface area contributed by atoms with Crippen LogP contribution in [0.1, 0.15) is 69.8 Å². The van der Waals surface area contributed by atoms with Crippen molar-refractivity contribution in [2.24, 2.45) is 4.99 Å². The van der Waals surface area contributed by atoms with Crippen molar-refractivity contribution in [2.45, 2.75) is 77.8 Å². The lowest BCUT2D eigenvalue weighted by Crippen LogP contribution is -2.37. The van der Waals surface area contributed by atoms with Crippen molar-refractivity contribution in [3.05, 3.63) is 29.5 Å². The van der Waals surface area contributed by atoms with Crippen LogP contribution in [0, 0.1) is 0 Å². The van der Waals surface area contributed by atoms with E-state index in [2.05, 4.69) is 56.1 Å². The summed E-state index contributed by atoms with van der Waals surface area (Å²) in [5.41, 5.74) is -0.0366. The Morgan fingerprint density at radius 1 is 1.21 bits per heavy atom. The van der Waals surface area contributed by atoms with E-state index in [0.29, 0.717) is 12.4 Å². The number of hydrogen-bond acceptors (Lipinski definition) is 5. The van der Waals surface area contributed by atoms with E-state index < -0.39 is 0 Å². The maximum absolute atomic E-state index is 5.81. The predicted octanol–water partition coefficient (Wildman–Crippen LogP) is 2.59.